The van der Waals surface area contributed by atoms with Gasteiger partial charge in [-0.05, 0) is 73.7 Å². The third-order valence-corrected chi connectivity index (χ3v) is 12.5. The SMILES string of the molecule is CC1(Cl)C(c2ccccc2)=CC=CC1(COc1cc(OCc2cncc(C#N)c2)c(CNC(CO)C(=O)O)cc1Cl)OCCCN1CC[C@@](O)(c2ccc(Cl)cc2)[C@](C)(O)C1. The number of aliphatic carboxylic acids is 1. The van der Waals surface area contributed by atoms with Crippen LogP contribution in [0.4, 0.5) is 0 Å². The number of alkyl halides is 1. The predicted molar refractivity (Wildman–Crippen MR) is 234 cm³/mol. The van der Waals surface area contributed by atoms with Gasteiger partial charge >= 0.3 is 5.97 Å². The fourth-order valence-corrected chi connectivity index (χ4v) is 8.49. The first-order valence-electron chi connectivity index (χ1n) is 19.8. The van der Waals surface area contributed by atoms with Gasteiger partial charge in [-0.3, -0.25) is 15.1 Å². The number of ether oxygens (including phenoxy) is 3. The monoisotopic (exact) mass is 890 g/mol. The van der Waals surface area contributed by atoms with Crippen molar-refractivity contribution in [3.05, 3.63) is 141 Å². The maximum atomic E-state index is 11.7. The van der Waals surface area contributed by atoms with E-state index in [2.05, 4.69) is 21.3 Å². The Morgan fingerprint density at radius 3 is 2.48 bits per heavy atom. The molecule has 0 bridgehead atoms. The summed E-state index contributed by atoms with van der Waals surface area (Å²) in [5.74, 6) is -0.674. The lowest BCUT2D eigenvalue weighted by Gasteiger charge is -2.49. The van der Waals surface area contributed by atoms with Crippen LogP contribution in [-0.4, -0.2) is 97.9 Å². The Labute approximate surface area is 370 Å². The number of aliphatic hydroxyl groups is 3. The fraction of sp³-hybridized carbons (Fsp3) is 0.370. The molecule has 0 saturated carbocycles. The van der Waals surface area contributed by atoms with Gasteiger partial charge in [0.05, 0.1) is 17.2 Å². The number of carbonyl (C=O) groups is 1. The lowest BCUT2D eigenvalue weighted by molar-refractivity contribution is -0.187. The highest BCUT2D eigenvalue weighted by molar-refractivity contribution is 6.32. The first-order valence-corrected chi connectivity index (χ1v) is 21.0. The number of likely N-dealkylation sites (tertiary alicyclic amines) is 1. The number of benzene rings is 3. The molecule has 0 spiro atoms. The quantitative estimate of drug-likeness (QED) is 0.0517. The second kappa shape index (κ2) is 19.7. The highest BCUT2D eigenvalue weighted by Crippen LogP contribution is 2.48. The van der Waals surface area contributed by atoms with E-state index in [-0.39, 0.29) is 43.7 Å². The number of nitriles is 1. The zero-order valence-electron chi connectivity index (χ0n) is 33.9. The molecular formula is C46H49Cl3N4O8. The third-order valence-electron chi connectivity index (χ3n) is 11.4. The number of piperidine rings is 1. The maximum Gasteiger partial charge on any atom is 0.323 e. The van der Waals surface area contributed by atoms with Crippen LogP contribution in [0.3, 0.4) is 0 Å². The molecule has 5 N–H and O–H groups in total. The molecule has 5 atom stereocenters. The summed E-state index contributed by atoms with van der Waals surface area (Å²) in [7, 11) is 0. The predicted octanol–water partition coefficient (Wildman–Crippen LogP) is 6.89. The van der Waals surface area contributed by atoms with Gasteiger partial charge in [-0.15, -0.1) is 11.6 Å². The van der Waals surface area contributed by atoms with E-state index < -0.39 is 40.3 Å². The number of aromatic nitrogens is 1. The minimum absolute atomic E-state index is 0.0169. The number of hydrogen-bond acceptors (Lipinski definition) is 11. The molecule has 1 aliphatic heterocycles. The fourth-order valence-electron chi connectivity index (χ4n) is 7.78. The summed E-state index contributed by atoms with van der Waals surface area (Å²) in [5.41, 5.74) is -0.310. The topological polar surface area (TPSA) is 178 Å². The number of carboxylic acids is 1. The Morgan fingerprint density at radius 1 is 1.03 bits per heavy atom. The Kier molecular flexibility index (Phi) is 14.8. The molecule has 3 aromatic carbocycles. The second-order valence-corrected chi connectivity index (χ2v) is 17.3. The molecule has 1 saturated heterocycles. The molecule has 3 unspecified atom stereocenters. The van der Waals surface area contributed by atoms with Crippen molar-refractivity contribution >= 4 is 46.3 Å². The van der Waals surface area contributed by atoms with Crippen LogP contribution in [0.5, 0.6) is 11.5 Å². The first-order chi connectivity index (χ1) is 29.1. The number of halogens is 3. The molecule has 4 aromatic rings. The summed E-state index contributed by atoms with van der Waals surface area (Å²) < 4.78 is 19.5. The summed E-state index contributed by atoms with van der Waals surface area (Å²) in [6.45, 7) is 4.43. The third kappa shape index (κ3) is 10.4. The molecule has 322 valence electrons. The Balaban J connectivity index is 1.22. The van der Waals surface area contributed by atoms with Crippen LogP contribution in [0.1, 0.15) is 54.5 Å². The zero-order valence-corrected chi connectivity index (χ0v) is 36.1. The first kappa shape index (κ1) is 46.0. The number of β-amino-alcohol motifs (C(OH)–C–C–N with tert-alkyl or cyclic N) is 1. The molecule has 1 fully saturated rings. The number of pyridine rings is 1. The van der Waals surface area contributed by atoms with Crippen LogP contribution < -0.4 is 14.8 Å². The van der Waals surface area contributed by atoms with Crippen molar-refractivity contribution in [3.8, 4) is 17.6 Å². The summed E-state index contributed by atoms with van der Waals surface area (Å²) >= 11 is 20.6. The van der Waals surface area contributed by atoms with Gasteiger partial charge in [0.2, 0.25) is 0 Å². The molecule has 12 nitrogen and oxygen atoms in total. The van der Waals surface area contributed by atoms with E-state index >= 15 is 0 Å². The van der Waals surface area contributed by atoms with Crippen LogP contribution in [-0.2, 0) is 28.3 Å². The van der Waals surface area contributed by atoms with Crippen molar-refractivity contribution in [2.45, 2.75) is 67.6 Å². The van der Waals surface area contributed by atoms with Gasteiger partial charge in [0, 0.05) is 67.4 Å². The average molecular weight is 892 g/mol. The average Bonchev–Trinajstić information content (AvgIpc) is 3.24. The maximum absolute atomic E-state index is 11.7. The summed E-state index contributed by atoms with van der Waals surface area (Å²) in [5, 5.41) is 55.3. The van der Waals surface area contributed by atoms with E-state index in [0.717, 1.165) is 11.1 Å². The minimum atomic E-state index is -1.44. The molecular weight excluding hydrogens is 843 g/mol. The number of allylic oxidation sites excluding steroid dienone is 2. The lowest BCUT2D eigenvalue weighted by atomic mass is 9.73. The van der Waals surface area contributed by atoms with E-state index in [4.69, 9.17) is 49.0 Å². The largest absolute Gasteiger partial charge is 0.488 e. The van der Waals surface area contributed by atoms with Crippen molar-refractivity contribution in [1.29, 1.82) is 5.26 Å². The molecule has 2 heterocycles. The molecule has 1 aromatic heterocycles. The Bertz CT molecular complexity index is 2270. The summed E-state index contributed by atoms with van der Waals surface area (Å²) in [4.78, 5) is 16.7. The molecule has 0 amide bonds. The number of rotatable bonds is 18. The second-order valence-electron chi connectivity index (χ2n) is 15.7. The van der Waals surface area contributed by atoms with E-state index in [1.807, 2.05) is 55.5 Å². The minimum Gasteiger partial charge on any atom is -0.488 e. The van der Waals surface area contributed by atoms with Crippen LogP contribution in [0.15, 0.2) is 103 Å². The number of hydrogen-bond donors (Lipinski definition) is 5. The van der Waals surface area contributed by atoms with Crippen LogP contribution in [0.25, 0.3) is 5.57 Å². The highest BCUT2D eigenvalue weighted by Gasteiger charge is 2.52. The Morgan fingerprint density at radius 2 is 1.79 bits per heavy atom. The van der Waals surface area contributed by atoms with E-state index in [1.165, 1.54) is 6.20 Å². The normalized spacial score (nSPS) is 24.4. The van der Waals surface area contributed by atoms with Gasteiger partial charge in [-0.2, -0.15) is 5.26 Å². The van der Waals surface area contributed by atoms with E-state index in [9.17, 15) is 30.5 Å². The standard InChI is InChI=1S/C46H49Cl3N4O8/c1-43(57)29-53(18-16-46(43,58)35-11-13-36(47)14-12-35)17-7-19-61-45(15-6-10-37(44(45,2)49)33-8-4-3-5-9-33)30-60-41-22-40(59-28-32-20-31(23-50)24-51-25-32)34(21-38(41)48)26-52-39(27-54)42(55)56/h3-6,8-15,20-22,24-25,39,52,54,57-58H,7,16-19,26-30H2,1-2H3,(H,55,56)/t39?,43-,44?,45?,46-/m1/s1. The van der Waals surface area contributed by atoms with Gasteiger partial charge in [0.1, 0.15) is 58.5 Å². The highest BCUT2D eigenvalue weighted by atomic mass is 35.5. The van der Waals surface area contributed by atoms with Crippen molar-refractivity contribution in [2.75, 3.05) is 39.5 Å². The zero-order chi connectivity index (χ0) is 43.8. The molecule has 6 rings (SSSR count). The smallest absolute Gasteiger partial charge is 0.323 e. The number of nitrogens with one attached hydrogen (secondary N) is 1. The number of aliphatic hydroxyl groups excluding tert-OH is 1. The molecule has 15 heteroatoms. The van der Waals surface area contributed by atoms with Crippen molar-refractivity contribution in [3.63, 3.8) is 0 Å². The van der Waals surface area contributed by atoms with Gasteiger partial charge in [-0.25, -0.2) is 0 Å². The molecule has 1 aliphatic carbocycles. The number of carboxylic acid groups (broad SMARTS) is 1. The summed E-state index contributed by atoms with van der Waals surface area (Å²) in [6.07, 6.45) is 9.62. The summed E-state index contributed by atoms with van der Waals surface area (Å²) in [6, 6.07) is 22.3. The van der Waals surface area contributed by atoms with E-state index in [1.54, 1.807) is 55.6 Å². The van der Waals surface area contributed by atoms with Crippen LogP contribution in [0, 0.1) is 11.3 Å². The van der Waals surface area contributed by atoms with Gasteiger partial charge < -0.3 is 39.5 Å². The van der Waals surface area contributed by atoms with Crippen LogP contribution >= 0.6 is 34.8 Å². The van der Waals surface area contributed by atoms with Gasteiger partial charge in [0.25, 0.3) is 0 Å². The van der Waals surface area contributed by atoms with Gasteiger partial charge in [-0.1, -0.05) is 77.8 Å². The van der Waals surface area contributed by atoms with Crippen molar-refractivity contribution < 1.29 is 39.4 Å². The molecule has 2 aliphatic rings. The van der Waals surface area contributed by atoms with E-state index in [0.29, 0.717) is 59.0 Å². The van der Waals surface area contributed by atoms with Crippen LogP contribution in [0.2, 0.25) is 10.0 Å². The van der Waals surface area contributed by atoms with Crippen molar-refractivity contribution in [2.24, 2.45) is 0 Å². The molecule has 0 radical (unpaired) electrons. The lowest BCUT2D eigenvalue weighted by Crippen LogP contribution is -2.61. The van der Waals surface area contributed by atoms with Crippen molar-refractivity contribution in [1.82, 2.24) is 15.2 Å². The van der Waals surface area contributed by atoms with Gasteiger partial charge in [0.15, 0.2) is 0 Å². The Hall–Kier alpha value is -4.52. The molecule has 61 heavy (non-hydrogen) atoms. The number of nitrogens with zero attached hydrogens (tertiary/aromatic N) is 3.